The van der Waals surface area contributed by atoms with Crippen molar-refractivity contribution >= 4 is 10.1 Å². The first-order valence-electron chi connectivity index (χ1n) is 5.64. The smallest absolute Gasteiger partial charge is 0.295 e. The van der Waals surface area contributed by atoms with E-state index >= 15 is 0 Å². The van der Waals surface area contributed by atoms with Gasteiger partial charge < -0.3 is 4.74 Å². The lowest BCUT2D eigenvalue weighted by molar-refractivity contribution is 0.415. The molecule has 5 heteroatoms. The first kappa shape index (κ1) is 13.6. The normalized spacial score (nSPS) is 11.3. The summed E-state index contributed by atoms with van der Waals surface area (Å²) in [6, 6.07) is 11.8. The molecule has 0 spiro atoms. The zero-order valence-corrected chi connectivity index (χ0v) is 11.4. The number of ether oxygens (including phenoxy) is 1. The fourth-order valence-electron chi connectivity index (χ4n) is 1.86. The topological polar surface area (TPSA) is 63.6 Å². The van der Waals surface area contributed by atoms with Gasteiger partial charge in [0.15, 0.2) is 0 Å². The van der Waals surface area contributed by atoms with Gasteiger partial charge in [-0.2, -0.15) is 8.42 Å². The molecule has 4 nitrogen and oxygen atoms in total. The third-order valence-corrected chi connectivity index (χ3v) is 3.73. The predicted molar refractivity (Wildman–Crippen MR) is 73.0 cm³/mol. The molecule has 0 saturated heterocycles. The first-order valence-corrected chi connectivity index (χ1v) is 7.08. The highest BCUT2D eigenvalue weighted by molar-refractivity contribution is 7.86. The highest BCUT2D eigenvalue weighted by Gasteiger charge is 2.16. The van der Waals surface area contributed by atoms with Crippen molar-refractivity contribution in [3.63, 3.8) is 0 Å². The van der Waals surface area contributed by atoms with Crippen molar-refractivity contribution in [2.24, 2.45) is 0 Å². The Labute approximate surface area is 112 Å². The highest BCUT2D eigenvalue weighted by Crippen LogP contribution is 2.29. The van der Waals surface area contributed by atoms with Crippen molar-refractivity contribution in [1.29, 1.82) is 0 Å². The second-order valence-electron chi connectivity index (χ2n) is 4.20. The van der Waals surface area contributed by atoms with Crippen molar-refractivity contribution in [2.45, 2.75) is 11.8 Å². The summed E-state index contributed by atoms with van der Waals surface area (Å²) in [6.45, 7) is 1.86. The van der Waals surface area contributed by atoms with Crippen LogP contribution < -0.4 is 4.74 Å². The third-order valence-electron chi connectivity index (χ3n) is 2.81. The van der Waals surface area contributed by atoms with Gasteiger partial charge in [0.05, 0.1) is 7.11 Å². The Hall–Kier alpha value is -1.85. The van der Waals surface area contributed by atoms with Gasteiger partial charge in [0, 0.05) is 5.56 Å². The van der Waals surface area contributed by atoms with E-state index in [1.165, 1.54) is 6.07 Å². The Bertz CT molecular complexity index is 688. The van der Waals surface area contributed by atoms with E-state index in [1.807, 2.05) is 6.92 Å². The molecule has 2 aromatic carbocycles. The van der Waals surface area contributed by atoms with Gasteiger partial charge in [-0.05, 0) is 30.7 Å². The number of hydrogen-bond donors (Lipinski definition) is 1. The van der Waals surface area contributed by atoms with Crippen LogP contribution in [-0.2, 0) is 10.1 Å². The van der Waals surface area contributed by atoms with Crippen LogP contribution in [-0.4, -0.2) is 20.1 Å². The van der Waals surface area contributed by atoms with E-state index in [-0.39, 0.29) is 4.90 Å². The second-order valence-corrected chi connectivity index (χ2v) is 5.59. The van der Waals surface area contributed by atoms with Gasteiger partial charge in [-0.25, -0.2) is 0 Å². The van der Waals surface area contributed by atoms with Crippen LogP contribution >= 0.6 is 0 Å². The predicted octanol–water partition coefficient (Wildman–Crippen LogP) is 2.92. The Morgan fingerprint density at radius 2 is 1.68 bits per heavy atom. The molecule has 0 atom stereocenters. The molecule has 0 heterocycles. The maximum Gasteiger partial charge on any atom is 0.295 e. The fourth-order valence-corrected chi connectivity index (χ4v) is 2.56. The lowest BCUT2D eigenvalue weighted by atomic mass is 10.0. The minimum absolute atomic E-state index is 0.0942. The molecule has 2 rings (SSSR count). The first-order chi connectivity index (χ1) is 8.91. The Morgan fingerprint density at radius 3 is 2.21 bits per heavy atom. The zero-order valence-electron chi connectivity index (χ0n) is 10.6. The minimum Gasteiger partial charge on any atom is -0.497 e. The molecule has 0 aliphatic carbocycles. The van der Waals surface area contributed by atoms with E-state index in [0.717, 1.165) is 5.56 Å². The average Bonchev–Trinajstić information content (AvgIpc) is 2.37. The maximum absolute atomic E-state index is 11.4. The van der Waals surface area contributed by atoms with Gasteiger partial charge in [0.25, 0.3) is 10.1 Å². The average molecular weight is 278 g/mol. The summed E-state index contributed by atoms with van der Waals surface area (Å²) in [5.41, 5.74) is 2.10. The lowest BCUT2D eigenvalue weighted by Gasteiger charge is -2.09. The molecule has 0 amide bonds. The molecule has 0 radical (unpaired) electrons. The molecule has 0 aliphatic rings. The van der Waals surface area contributed by atoms with Gasteiger partial charge in [-0.1, -0.05) is 29.8 Å². The number of aryl methyl sites for hydroxylation is 1. The summed E-state index contributed by atoms with van der Waals surface area (Å²) in [4.78, 5) is -0.0942. The molecule has 1 N–H and O–H groups in total. The van der Waals surface area contributed by atoms with Gasteiger partial charge >= 0.3 is 0 Å². The van der Waals surface area contributed by atoms with Crippen molar-refractivity contribution in [1.82, 2.24) is 0 Å². The summed E-state index contributed by atoms with van der Waals surface area (Å²) in [6.07, 6.45) is 0. The van der Waals surface area contributed by atoms with E-state index in [9.17, 15) is 13.0 Å². The van der Waals surface area contributed by atoms with Crippen LogP contribution in [0.3, 0.4) is 0 Å². The number of methoxy groups -OCH3 is 1. The van der Waals surface area contributed by atoms with Crippen LogP contribution in [0.15, 0.2) is 47.4 Å². The molecule has 0 bridgehead atoms. The third kappa shape index (κ3) is 2.94. The second kappa shape index (κ2) is 5.03. The zero-order chi connectivity index (χ0) is 14.0. The van der Waals surface area contributed by atoms with Crippen molar-refractivity contribution in [3.05, 3.63) is 48.0 Å². The number of hydrogen-bond acceptors (Lipinski definition) is 3. The van der Waals surface area contributed by atoms with E-state index in [0.29, 0.717) is 16.9 Å². The summed E-state index contributed by atoms with van der Waals surface area (Å²) in [7, 11) is -2.68. The Morgan fingerprint density at radius 1 is 1.05 bits per heavy atom. The standard InChI is InChI=1S/C14H14O4S/c1-10-3-8-14(19(15,16)17)13(9-10)11-4-6-12(18-2)7-5-11/h3-9H,1-2H3,(H,15,16,17). The molecule has 0 unspecified atom stereocenters. The number of rotatable bonds is 3. The largest absolute Gasteiger partial charge is 0.497 e. The quantitative estimate of drug-likeness (QED) is 0.877. The summed E-state index contributed by atoms with van der Waals surface area (Å²) < 4.78 is 37.1. The molecule has 0 aromatic heterocycles. The summed E-state index contributed by atoms with van der Waals surface area (Å²) >= 11 is 0. The van der Waals surface area contributed by atoms with Crippen molar-refractivity contribution in [2.75, 3.05) is 7.11 Å². The van der Waals surface area contributed by atoms with Crippen LogP contribution in [0.2, 0.25) is 0 Å². The van der Waals surface area contributed by atoms with E-state index < -0.39 is 10.1 Å². The van der Waals surface area contributed by atoms with Crippen LogP contribution in [0.5, 0.6) is 5.75 Å². The van der Waals surface area contributed by atoms with Crippen LogP contribution in [0, 0.1) is 6.92 Å². The molecule has 100 valence electrons. The summed E-state index contributed by atoms with van der Waals surface area (Å²) in [5.74, 6) is 0.685. The Balaban J connectivity index is 2.63. The monoisotopic (exact) mass is 278 g/mol. The van der Waals surface area contributed by atoms with Crippen LogP contribution in [0.4, 0.5) is 0 Å². The van der Waals surface area contributed by atoms with Crippen LogP contribution in [0.1, 0.15) is 5.56 Å². The molecule has 0 fully saturated rings. The van der Waals surface area contributed by atoms with Gasteiger partial charge in [-0.15, -0.1) is 0 Å². The van der Waals surface area contributed by atoms with Gasteiger partial charge in [-0.3, -0.25) is 4.55 Å². The lowest BCUT2D eigenvalue weighted by Crippen LogP contribution is -2.01. The van der Waals surface area contributed by atoms with Crippen molar-refractivity contribution in [3.8, 4) is 16.9 Å². The summed E-state index contributed by atoms with van der Waals surface area (Å²) in [5, 5.41) is 0. The molecule has 19 heavy (non-hydrogen) atoms. The molecular formula is C14H14O4S. The number of benzene rings is 2. The SMILES string of the molecule is COc1ccc(-c2cc(C)ccc2S(=O)(=O)O)cc1. The van der Waals surface area contributed by atoms with E-state index in [2.05, 4.69) is 0 Å². The van der Waals surface area contributed by atoms with Gasteiger partial charge in [0.1, 0.15) is 10.6 Å². The van der Waals surface area contributed by atoms with Crippen molar-refractivity contribution < 1.29 is 17.7 Å². The molecular weight excluding hydrogens is 264 g/mol. The maximum atomic E-state index is 11.4. The molecule has 0 aliphatic heterocycles. The molecule has 0 saturated carbocycles. The van der Waals surface area contributed by atoms with E-state index in [4.69, 9.17) is 4.74 Å². The van der Waals surface area contributed by atoms with Crippen LogP contribution in [0.25, 0.3) is 11.1 Å². The molecule has 2 aromatic rings. The Kier molecular flexibility index (Phi) is 3.59. The van der Waals surface area contributed by atoms with E-state index in [1.54, 1.807) is 43.5 Å². The van der Waals surface area contributed by atoms with Gasteiger partial charge in [0.2, 0.25) is 0 Å². The highest BCUT2D eigenvalue weighted by atomic mass is 32.2. The minimum atomic E-state index is -4.25. The fraction of sp³-hybridized carbons (Fsp3) is 0.143.